The molecule has 1 aliphatic heterocycles. The van der Waals surface area contributed by atoms with Crippen molar-refractivity contribution in [1.82, 2.24) is 4.90 Å². The quantitative estimate of drug-likeness (QED) is 0.571. The highest BCUT2D eigenvalue weighted by molar-refractivity contribution is 4.68. The molecule has 1 atom stereocenters. The molecule has 1 saturated heterocycles. The van der Waals surface area contributed by atoms with Crippen molar-refractivity contribution in [3.8, 4) is 0 Å². The van der Waals surface area contributed by atoms with Gasteiger partial charge in [0.2, 0.25) is 0 Å². The van der Waals surface area contributed by atoms with Crippen molar-refractivity contribution < 1.29 is 0 Å². The summed E-state index contributed by atoms with van der Waals surface area (Å²) in [5.41, 5.74) is 0. The van der Waals surface area contributed by atoms with E-state index in [2.05, 4.69) is 18.7 Å². The topological polar surface area (TPSA) is 3.24 Å². The van der Waals surface area contributed by atoms with E-state index in [1.165, 1.54) is 58.2 Å². The maximum atomic E-state index is 2.64. The number of hydrogen-bond acceptors (Lipinski definition) is 1. The van der Waals surface area contributed by atoms with Gasteiger partial charge in [0.15, 0.2) is 0 Å². The molecule has 0 aromatic heterocycles. The predicted octanol–water partition coefficient (Wildman–Crippen LogP) is 3.30. The van der Waals surface area contributed by atoms with Crippen LogP contribution in [0.2, 0.25) is 0 Å². The maximum Gasteiger partial charge on any atom is 0.000702 e. The van der Waals surface area contributed by atoms with Gasteiger partial charge in [-0.05, 0) is 38.3 Å². The van der Waals surface area contributed by atoms with Gasteiger partial charge in [0.1, 0.15) is 0 Å². The number of nitrogens with zero attached hydrogens (tertiary/aromatic N) is 1. The average molecular weight is 183 g/mol. The van der Waals surface area contributed by atoms with Gasteiger partial charge >= 0.3 is 0 Å². The first kappa shape index (κ1) is 11.0. The highest BCUT2D eigenvalue weighted by Crippen LogP contribution is 2.14. The van der Waals surface area contributed by atoms with Crippen LogP contribution in [0.3, 0.4) is 0 Å². The van der Waals surface area contributed by atoms with E-state index in [1.54, 1.807) is 0 Å². The molecule has 1 heteroatoms. The number of rotatable bonds is 6. The first-order valence-electron chi connectivity index (χ1n) is 6.05. The van der Waals surface area contributed by atoms with Crippen molar-refractivity contribution in [3.63, 3.8) is 0 Å². The molecular formula is C12H25N. The molecule has 1 aliphatic rings. The fraction of sp³-hybridized carbons (Fsp3) is 1.00. The van der Waals surface area contributed by atoms with E-state index in [4.69, 9.17) is 0 Å². The minimum Gasteiger partial charge on any atom is -0.303 e. The molecule has 0 amide bonds. The zero-order chi connectivity index (χ0) is 9.52. The molecule has 0 aliphatic carbocycles. The van der Waals surface area contributed by atoms with Gasteiger partial charge in [0.05, 0.1) is 0 Å². The third-order valence-electron chi connectivity index (χ3n) is 3.07. The zero-order valence-electron chi connectivity index (χ0n) is 9.39. The summed E-state index contributed by atoms with van der Waals surface area (Å²) in [6, 6.07) is 0. The Labute approximate surface area is 83.5 Å². The van der Waals surface area contributed by atoms with Crippen molar-refractivity contribution in [3.05, 3.63) is 0 Å². The Morgan fingerprint density at radius 2 is 1.85 bits per heavy atom. The van der Waals surface area contributed by atoms with E-state index in [-0.39, 0.29) is 0 Å². The standard InChI is InChI=1S/C12H25N/c1-3-4-5-8-12(2)11-13-9-6-7-10-13/h12H,3-11H2,1-2H3. The molecule has 0 saturated carbocycles. The van der Waals surface area contributed by atoms with Crippen LogP contribution < -0.4 is 0 Å². The third-order valence-corrected chi connectivity index (χ3v) is 3.07. The van der Waals surface area contributed by atoms with Crippen LogP contribution in [-0.2, 0) is 0 Å². The van der Waals surface area contributed by atoms with Crippen LogP contribution in [0.15, 0.2) is 0 Å². The molecule has 0 spiro atoms. The molecule has 0 bridgehead atoms. The summed E-state index contributed by atoms with van der Waals surface area (Å²) < 4.78 is 0. The van der Waals surface area contributed by atoms with Crippen LogP contribution in [0.4, 0.5) is 0 Å². The summed E-state index contributed by atoms with van der Waals surface area (Å²) >= 11 is 0. The van der Waals surface area contributed by atoms with Gasteiger partial charge in [0, 0.05) is 6.54 Å². The lowest BCUT2D eigenvalue weighted by Crippen LogP contribution is -2.25. The van der Waals surface area contributed by atoms with Crippen molar-refractivity contribution in [1.29, 1.82) is 0 Å². The second-order valence-electron chi connectivity index (χ2n) is 4.61. The first-order valence-corrected chi connectivity index (χ1v) is 6.05. The maximum absolute atomic E-state index is 2.64. The zero-order valence-corrected chi connectivity index (χ0v) is 9.39. The minimum atomic E-state index is 0.921. The molecule has 13 heavy (non-hydrogen) atoms. The molecule has 1 nitrogen and oxygen atoms in total. The summed E-state index contributed by atoms with van der Waals surface area (Å²) in [6.07, 6.45) is 8.51. The van der Waals surface area contributed by atoms with Crippen LogP contribution in [0.5, 0.6) is 0 Å². The van der Waals surface area contributed by atoms with Crippen LogP contribution >= 0.6 is 0 Å². The summed E-state index contributed by atoms with van der Waals surface area (Å²) in [5, 5.41) is 0. The van der Waals surface area contributed by atoms with Crippen LogP contribution in [0.1, 0.15) is 52.4 Å². The second-order valence-corrected chi connectivity index (χ2v) is 4.61. The fourth-order valence-corrected chi connectivity index (χ4v) is 2.24. The largest absolute Gasteiger partial charge is 0.303 e. The van der Waals surface area contributed by atoms with E-state index < -0.39 is 0 Å². The van der Waals surface area contributed by atoms with E-state index in [0.717, 1.165) is 5.92 Å². The van der Waals surface area contributed by atoms with Gasteiger partial charge in [0.25, 0.3) is 0 Å². The monoisotopic (exact) mass is 183 g/mol. The van der Waals surface area contributed by atoms with E-state index >= 15 is 0 Å². The molecule has 0 aromatic rings. The van der Waals surface area contributed by atoms with Crippen molar-refractivity contribution in [2.45, 2.75) is 52.4 Å². The smallest absolute Gasteiger partial charge is 0.000702 e. The molecule has 0 radical (unpaired) electrons. The molecule has 1 heterocycles. The number of hydrogen-bond donors (Lipinski definition) is 0. The fourth-order valence-electron chi connectivity index (χ4n) is 2.24. The number of likely N-dealkylation sites (tertiary alicyclic amines) is 1. The molecule has 1 rings (SSSR count). The summed E-state index contributed by atoms with van der Waals surface area (Å²) in [5.74, 6) is 0.921. The van der Waals surface area contributed by atoms with Gasteiger partial charge in [-0.1, -0.05) is 33.1 Å². The minimum absolute atomic E-state index is 0.921. The third kappa shape index (κ3) is 4.66. The summed E-state index contributed by atoms with van der Waals surface area (Å²) in [7, 11) is 0. The lowest BCUT2D eigenvalue weighted by Gasteiger charge is -2.19. The Balaban J connectivity index is 1.99. The van der Waals surface area contributed by atoms with E-state index in [9.17, 15) is 0 Å². The Morgan fingerprint density at radius 3 is 2.46 bits per heavy atom. The number of unbranched alkanes of at least 4 members (excludes halogenated alkanes) is 2. The van der Waals surface area contributed by atoms with E-state index in [1.807, 2.05) is 0 Å². The predicted molar refractivity (Wildman–Crippen MR) is 59.0 cm³/mol. The molecule has 0 aromatic carbocycles. The van der Waals surface area contributed by atoms with Gasteiger partial charge in [-0.3, -0.25) is 0 Å². The Bertz CT molecular complexity index is 116. The first-order chi connectivity index (χ1) is 6.33. The molecule has 0 N–H and O–H groups in total. The van der Waals surface area contributed by atoms with Gasteiger partial charge in [-0.15, -0.1) is 0 Å². The highest BCUT2D eigenvalue weighted by Gasteiger charge is 2.13. The average Bonchev–Trinajstić information content (AvgIpc) is 2.57. The van der Waals surface area contributed by atoms with Crippen molar-refractivity contribution in [2.24, 2.45) is 5.92 Å². The Hall–Kier alpha value is -0.0400. The van der Waals surface area contributed by atoms with Crippen LogP contribution in [0.25, 0.3) is 0 Å². The van der Waals surface area contributed by atoms with Gasteiger partial charge in [-0.25, -0.2) is 0 Å². The molecule has 78 valence electrons. The SMILES string of the molecule is CCCCCC(C)CN1CCCC1. The Morgan fingerprint density at radius 1 is 1.15 bits per heavy atom. The normalized spacial score (nSPS) is 20.8. The summed E-state index contributed by atoms with van der Waals surface area (Å²) in [6.45, 7) is 8.76. The highest BCUT2D eigenvalue weighted by atomic mass is 15.1. The lowest BCUT2D eigenvalue weighted by atomic mass is 10.0. The van der Waals surface area contributed by atoms with Gasteiger partial charge in [-0.2, -0.15) is 0 Å². The molecule has 1 fully saturated rings. The van der Waals surface area contributed by atoms with Crippen molar-refractivity contribution >= 4 is 0 Å². The molecular weight excluding hydrogens is 158 g/mol. The van der Waals surface area contributed by atoms with E-state index in [0.29, 0.717) is 0 Å². The lowest BCUT2D eigenvalue weighted by molar-refractivity contribution is 0.276. The Kier molecular flexibility index (Phi) is 5.45. The van der Waals surface area contributed by atoms with Crippen LogP contribution in [0, 0.1) is 5.92 Å². The molecule has 1 unspecified atom stereocenters. The summed E-state index contributed by atoms with van der Waals surface area (Å²) in [4.78, 5) is 2.64. The van der Waals surface area contributed by atoms with Gasteiger partial charge < -0.3 is 4.90 Å². The van der Waals surface area contributed by atoms with Crippen molar-refractivity contribution in [2.75, 3.05) is 19.6 Å². The second kappa shape index (κ2) is 6.42. The van der Waals surface area contributed by atoms with Crippen LogP contribution in [-0.4, -0.2) is 24.5 Å².